The van der Waals surface area contributed by atoms with E-state index in [0.29, 0.717) is 43.2 Å². The van der Waals surface area contributed by atoms with E-state index in [4.69, 9.17) is 9.47 Å². The largest absolute Gasteiger partial charge is 0.496 e. The summed E-state index contributed by atoms with van der Waals surface area (Å²) in [5.74, 6) is 1.62. The molecule has 0 atom stereocenters. The van der Waals surface area contributed by atoms with E-state index in [1.807, 2.05) is 17.9 Å². The van der Waals surface area contributed by atoms with Crippen molar-refractivity contribution in [2.45, 2.75) is 19.8 Å². The number of methoxy groups -OCH3 is 2. The molecule has 6 heteroatoms. The molecule has 2 amide bonds. The van der Waals surface area contributed by atoms with E-state index in [-0.39, 0.29) is 17.7 Å². The summed E-state index contributed by atoms with van der Waals surface area (Å²) in [7, 11) is 3.15. The Morgan fingerprint density at radius 2 is 1.54 bits per heavy atom. The van der Waals surface area contributed by atoms with Crippen LogP contribution in [0.25, 0.3) is 0 Å². The number of carbonyl (C=O) groups is 2. The summed E-state index contributed by atoms with van der Waals surface area (Å²) < 4.78 is 10.7. The molecule has 0 unspecified atom stereocenters. The molecule has 1 aliphatic carbocycles. The highest BCUT2D eigenvalue weighted by atomic mass is 16.5. The molecule has 1 aromatic carbocycles. The van der Waals surface area contributed by atoms with E-state index in [0.717, 1.165) is 18.4 Å². The summed E-state index contributed by atoms with van der Waals surface area (Å²) in [5.41, 5.74) is 1.42. The highest BCUT2D eigenvalue weighted by Crippen LogP contribution is 2.32. The predicted molar refractivity (Wildman–Crippen MR) is 89.5 cm³/mol. The summed E-state index contributed by atoms with van der Waals surface area (Å²) in [5, 5.41) is 0. The van der Waals surface area contributed by atoms with Gasteiger partial charge in [-0.3, -0.25) is 9.59 Å². The van der Waals surface area contributed by atoms with E-state index >= 15 is 0 Å². The van der Waals surface area contributed by atoms with Gasteiger partial charge in [0.1, 0.15) is 11.5 Å². The topological polar surface area (TPSA) is 59.1 Å². The summed E-state index contributed by atoms with van der Waals surface area (Å²) in [6.07, 6.45) is 2.02. The number of amides is 2. The lowest BCUT2D eigenvalue weighted by Gasteiger charge is -2.35. The van der Waals surface area contributed by atoms with Gasteiger partial charge in [-0.25, -0.2) is 0 Å². The first-order valence-corrected chi connectivity index (χ1v) is 8.35. The average molecular weight is 332 g/mol. The Morgan fingerprint density at radius 1 is 0.958 bits per heavy atom. The summed E-state index contributed by atoms with van der Waals surface area (Å²) in [6, 6.07) is 3.55. The SMILES string of the molecule is COc1cc(C(=O)N2CCN(C(=O)C3CC3)CC2)c(OC)cc1C. The number of nitrogens with zero attached hydrogens (tertiary/aromatic N) is 2. The smallest absolute Gasteiger partial charge is 0.257 e. The van der Waals surface area contributed by atoms with E-state index in [1.165, 1.54) is 0 Å². The van der Waals surface area contributed by atoms with Gasteiger partial charge in [0.25, 0.3) is 5.91 Å². The zero-order valence-electron chi connectivity index (χ0n) is 14.5. The van der Waals surface area contributed by atoms with Crippen LogP contribution in [0.2, 0.25) is 0 Å². The maximum atomic E-state index is 12.9. The summed E-state index contributed by atoms with van der Waals surface area (Å²) in [4.78, 5) is 28.6. The third kappa shape index (κ3) is 3.18. The normalized spacial score (nSPS) is 17.6. The third-order valence-electron chi connectivity index (χ3n) is 4.75. The van der Waals surface area contributed by atoms with Crippen molar-refractivity contribution >= 4 is 11.8 Å². The lowest BCUT2D eigenvalue weighted by Crippen LogP contribution is -2.51. The first kappa shape index (κ1) is 16.6. The molecular formula is C18H24N2O4. The molecule has 130 valence electrons. The molecule has 0 spiro atoms. The van der Waals surface area contributed by atoms with Gasteiger partial charge in [-0.2, -0.15) is 0 Å². The molecule has 1 aromatic rings. The van der Waals surface area contributed by atoms with E-state index < -0.39 is 0 Å². The molecule has 1 saturated heterocycles. The highest BCUT2D eigenvalue weighted by molar-refractivity contribution is 5.97. The van der Waals surface area contributed by atoms with Gasteiger partial charge >= 0.3 is 0 Å². The molecule has 2 fully saturated rings. The maximum Gasteiger partial charge on any atom is 0.257 e. The van der Waals surface area contributed by atoms with Gasteiger partial charge < -0.3 is 19.3 Å². The minimum absolute atomic E-state index is 0.0799. The van der Waals surface area contributed by atoms with Crippen molar-refractivity contribution in [1.29, 1.82) is 0 Å². The van der Waals surface area contributed by atoms with E-state index in [1.54, 1.807) is 25.2 Å². The van der Waals surface area contributed by atoms with E-state index in [9.17, 15) is 9.59 Å². The van der Waals surface area contributed by atoms with Gasteiger partial charge in [-0.05, 0) is 37.5 Å². The Balaban J connectivity index is 1.72. The second-order valence-corrected chi connectivity index (χ2v) is 6.41. The Bertz CT molecular complexity index is 647. The van der Waals surface area contributed by atoms with Gasteiger partial charge in [-0.1, -0.05) is 0 Å². The van der Waals surface area contributed by atoms with Crippen LogP contribution in [0.3, 0.4) is 0 Å². The van der Waals surface area contributed by atoms with Gasteiger partial charge in [0.2, 0.25) is 5.91 Å². The molecule has 1 saturated carbocycles. The Hall–Kier alpha value is -2.24. The van der Waals surface area contributed by atoms with Crippen molar-refractivity contribution in [2.24, 2.45) is 5.92 Å². The van der Waals surface area contributed by atoms with Crippen molar-refractivity contribution in [3.05, 3.63) is 23.3 Å². The zero-order chi connectivity index (χ0) is 17.3. The number of hydrogen-bond donors (Lipinski definition) is 0. The quantitative estimate of drug-likeness (QED) is 0.842. The monoisotopic (exact) mass is 332 g/mol. The number of aryl methyl sites for hydroxylation is 1. The van der Waals surface area contributed by atoms with Crippen LogP contribution in [0.1, 0.15) is 28.8 Å². The lowest BCUT2D eigenvalue weighted by atomic mass is 10.1. The van der Waals surface area contributed by atoms with Crippen molar-refractivity contribution in [2.75, 3.05) is 40.4 Å². The Morgan fingerprint density at radius 3 is 2.08 bits per heavy atom. The molecule has 6 nitrogen and oxygen atoms in total. The Labute approximate surface area is 142 Å². The molecule has 24 heavy (non-hydrogen) atoms. The number of hydrogen-bond acceptors (Lipinski definition) is 4. The summed E-state index contributed by atoms with van der Waals surface area (Å²) >= 11 is 0. The van der Waals surface area contributed by atoms with E-state index in [2.05, 4.69) is 0 Å². The van der Waals surface area contributed by atoms with Crippen LogP contribution in [-0.4, -0.2) is 62.0 Å². The molecule has 3 rings (SSSR count). The van der Waals surface area contributed by atoms with Crippen LogP contribution in [0.4, 0.5) is 0 Å². The number of benzene rings is 1. The molecule has 0 bridgehead atoms. The molecule has 0 aromatic heterocycles. The molecule has 0 radical (unpaired) electrons. The second kappa shape index (κ2) is 6.71. The second-order valence-electron chi connectivity index (χ2n) is 6.41. The number of ether oxygens (including phenoxy) is 2. The van der Waals surface area contributed by atoms with Crippen molar-refractivity contribution < 1.29 is 19.1 Å². The lowest BCUT2D eigenvalue weighted by molar-refractivity contribution is -0.134. The van der Waals surface area contributed by atoms with Crippen molar-refractivity contribution in [1.82, 2.24) is 9.80 Å². The van der Waals surface area contributed by atoms with Crippen LogP contribution in [0.5, 0.6) is 11.5 Å². The fourth-order valence-corrected chi connectivity index (χ4v) is 3.11. The Kier molecular flexibility index (Phi) is 4.64. The minimum Gasteiger partial charge on any atom is -0.496 e. The third-order valence-corrected chi connectivity index (χ3v) is 4.75. The maximum absolute atomic E-state index is 12.9. The molecule has 1 heterocycles. The van der Waals surface area contributed by atoms with Crippen molar-refractivity contribution in [3.63, 3.8) is 0 Å². The average Bonchev–Trinajstić information content (AvgIpc) is 3.45. The first-order chi connectivity index (χ1) is 11.5. The van der Waals surface area contributed by atoms with Crippen LogP contribution in [0, 0.1) is 12.8 Å². The molecule has 0 N–H and O–H groups in total. The fourth-order valence-electron chi connectivity index (χ4n) is 3.11. The minimum atomic E-state index is -0.0799. The number of carbonyl (C=O) groups excluding carboxylic acids is 2. The fraction of sp³-hybridized carbons (Fsp3) is 0.556. The van der Waals surface area contributed by atoms with Gasteiger partial charge in [0.05, 0.1) is 19.8 Å². The van der Waals surface area contributed by atoms with Crippen LogP contribution in [0.15, 0.2) is 12.1 Å². The van der Waals surface area contributed by atoms with Gasteiger partial charge in [-0.15, -0.1) is 0 Å². The van der Waals surface area contributed by atoms with Crippen LogP contribution in [-0.2, 0) is 4.79 Å². The molecule has 2 aliphatic rings. The van der Waals surface area contributed by atoms with Crippen LogP contribution >= 0.6 is 0 Å². The van der Waals surface area contributed by atoms with Gasteiger partial charge in [0, 0.05) is 32.1 Å². The first-order valence-electron chi connectivity index (χ1n) is 8.35. The standard InChI is InChI=1S/C18H24N2O4/c1-12-10-16(24-3)14(11-15(12)23-2)18(22)20-8-6-19(7-9-20)17(21)13-4-5-13/h10-11,13H,4-9H2,1-3H3. The molecular weight excluding hydrogens is 308 g/mol. The molecule has 1 aliphatic heterocycles. The summed E-state index contributed by atoms with van der Waals surface area (Å²) in [6.45, 7) is 4.23. The number of piperazine rings is 1. The zero-order valence-corrected chi connectivity index (χ0v) is 14.5. The number of rotatable bonds is 4. The predicted octanol–water partition coefficient (Wildman–Crippen LogP) is 1.71. The van der Waals surface area contributed by atoms with Crippen LogP contribution < -0.4 is 9.47 Å². The van der Waals surface area contributed by atoms with Gasteiger partial charge in [0.15, 0.2) is 0 Å². The van der Waals surface area contributed by atoms with Crippen molar-refractivity contribution in [3.8, 4) is 11.5 Å². The highest BCUT2D eigenvalue weighted by Gasteiger charge is 2.35.